The first-order valence-electron chi connectivity index (χ1n) is 5.83. The Hall–Kier alpha value is -1.61. The van der Waals surface area contributed by atoms with E-state index in [4.69, 9.17) is 5.73 Å². The lowest BCUT2D eigenvalue weighted by molar-refractivity contribution is -0.126. The Kier molecular flexibility index (Phi) is 4.91. The van der Waals surface area contributed by atoms with Gasteiger partial charge in [0.25, 0.3) is 0 Å². The number of rotatable bonds is 5. The molecule has 0 fully saturated rings. The molecule has 0 bridgehead atoms. The fourth-order valence-electron chi connectivity index (χ4n) is 1.53. The first kappa shape index (κ1) is 13.5. The molecule has 1 atom stereocenters. The molecule has 0 radical (unpaired) electrons. The maximum atomic E-state index is 12.0. The van der Waals surface area contributed by atoms with Crippen molar-refractivity contribution in [1.29, 1.82) is 0 Å². The van der Waals surface area contributed by atoms with Crippen LogP contribution in [0.1, 0.15) is 25.8 Å². The first-order chi connectivity index (χ1) is 8.09. The lowest BCUT2D eigenvalue weighted by Gasteiger charge is -2.23. The fourth-order valence-corrected chi connectivity index (χ4v) is 1.53. The molecule has 1 unspecified atom stereocenters. The van der Waals surface area contributed by atoms with Crippen molar-refractivity contribution in [1.82, 2.24) is 5.32 Å². The Morgan fingerprint density at radius 3 is 2.65 bits per heavy atom. The molecule has 0 heterocycles. The Labute approximate surface area is 103 Å². The third kappa shape index (κ3) is 3.71. The van der Waals surface area contributed by atoms with Gasteiger partial charge >= 0.3 is 0 Å². The van der Waals surface area contributed by atoms with Gasteiger partial charge in [-0.25, -0.2) is 0 Å². The van der Waals surface area contributed by atoms with Crippen LogP contribution in [-0.4, -0.2) is 12.5 Å². The smallest absolute Gasteiger partial charge is 0.244 e. The van der Waals surface area contributed by atoms with Crippen LogP contribution in [0.25, 0.3) is 0 Å². The summed E-state index contributed by atoms with van der Waals surface area (Å²) in [5.74, 6) is -0.145. The predicted octanol–water partition coefficient (Wildman–Crippen LogP) is 1.94. The molecule has 1 aromatic carbocycles. The van der Waals surface area contributed by atoms with E-state index in [1.807, 2.05) is 49.4 Å². The summed E-state index contributed by atoms with van der Waals surface area (Å²) in [6, 6.07) is 9.40. The zero-order chi connectivity index (χ0) is 12.7. The van der Waals surface area contributed by atoms with Crippen molar-refractivity contribution < 1.29 is 4.79 Å². The number of nitrogens with two attached hydrogens (primary N) is 1. The maximum absolute atomic E-state index is 12.0. The van der Waals surface area contributed by atoms with Gasteiger partial charge in [0.2, 0.25) is 5.91 Å². The molecule has 92 valence electrons. The minimum Gasteiger partial charge on any atom is -0.354 e. The van der Waals surface area contributed by atoms with Crippen LogP contribution >= 0.6 is 0 Å². The number of nitrogens with one attached hydrogen (secondary N) is 1. The number of allylic oxidation sites excluding steroid dienone is 1. The zero-order valence-electron chi connectivity index (χ0n) is 10.4. The molecule has 1 amide bonds. The lowest BCUT2D eigenvalue weighted by Crippen LogP contribution is -2.49. The molecule has 17 heavy (non-hydrogen) atoms. The molecule has 0 aliphatic rings. The summed E-state index contributed by atoms with van der Waals surface area (Å²) in [5.41, 5.74) is 5.91. The zero-order valence-corrected chi connectivity index (χ0v) is 10.4. The SMILES string of the molecule is C/C=C/CCNC(=O)C(C)(N)c1ccccc1. The van der Waals surface area contributed by atoms with Crippen LogP contribution in [0.2, 0.25) is 0 Å². The highest BCUT2D eigenvalue weighted by atomic mass is 16.2. The van der Waals surface area contributed by atoms with Gasteiger partial charge in [0.1, 0.15) is 5.54 Å². The summed E-state index contributed by atoms with van der Waals surface area (Å²) in [6.07, 6.45) is 4.80. The van der Waals surface area contributed by atoms with E-state index in [2.05, 4.69) is 5.32 Å². The second kappa shape index (κ2) is 6.21. The van der Waals surface area contributed by atoms with Gasteiger partial charge in [0.15, 0.2) is 0 Å². The van der Waals surface area contributed by atoms with E-state index in [0.717, 1.165) is 12.0 Å². The molecule has 3 nitrogen and oxygen atoms in total. The summed E-state index contributed by atoms with van der Waals surface area (Å²) in [4.78, 5) is 12.0. The van der Waals surface area contributed by atoms with Gasteiger partial charge in [-0.1, -0.05) is 42.5 Å². The van der Waals surface area contributed by atoms with Gasteiger partial charge in [0.05, 0.1) is 0 Å². The van der Waals surface area contributed by atoms with Crippen molar-refractivity contribution >= 4 is 5.91 Å². The highest BCUT2D eigenvalue weighted by Crippen LogP contribution is 2.17. The average Bonchev–Trinajstić information content (AvgIpc) is 2.35. The minimum absolute atomic E-state index is 0.145. The highest BCUT2D eigenvalue weighted by Gasteiger charge is 2.29. The van der Waals surface area contributed by atoms with Crippen molar-refractivity contribution in [2.24, 2.45) is 5.73 Å². The normalized spacial score (nSPS) is 14.5. The third-order valence-electron chi connectivity index (χ3n) is 2.68. The lowest BCUT2D eigenvalue weighted by atomic mass is 9.92. The monoisotopic (exact) mass is 232 g/mol. The van der Waals surface area contributed by atoms with Crippen molar-refractivity contribution in [2.45, 2.75) is 25.8 Å². The van der Waals surface area contributed by atoms with Gasteiger partial charge in [0, 0.05) is 6.54 Å². The summed E-state index contributed by atoms with van der Waals surface area (Å²) in [7, 11) is 0. The van der Waals surface area contributed by atoms with Crippen molar-refractivity contribution in [2.75, 3.05) is 6.54 Å². The summed E-state index contributed by atoms with van der Waals surface area (Å²) in [6.45, 7) is 4.30. The van der Waals surface area contributed by atoms with E-state index in [1.165, 1.54) is 0 Å². The van der Waals surface area contributed by atoms with Crippen molar-refractivity contribution in [3.05, 3.63) is 48.0 Å². The van der Waals surface area contributed by atoms with Crippen LogP contribution < -0.4 is 11.1 Å². The second-order valence-electron chi connectivity index (χ2n) is 4.18. The summed E-state index contributed by atoms with van der Waals surface area (Å²) >= 11 is 0. The van der Waals surface area contributed by atoms with Crippen LogP contribution in [0.3, 0.4) is 0 Å². The van der Waals surface area contributed by atoms with Gasteiger partial charge in [-0.3, -0.25) is 4.79 Å². The summed E-state index contributed by atoms with van der Waals surface area (Å²) < 4.78 is 0. The predicted molar refractivity (Wildman–Crippen MR) is 70.4 cm³/mol. The van der Waals surface area contributed by atoms with E-state index in [9.17, 15) is 4.79 Å². The molecule has 0 saturated carbocycles. The molecular formula is C14H20N2O. The third-order valence-corrected chi connectivity index (χ3v) is 2.68. The molecule has 3 N–H and O–H groups in total. The molecule has 1 rings (SSSR count). The van der Waals surface area contributed by atoms with E-state index >= 15 is 0 Å². The van der Waals surface area contributed by atoms with Gasteiger partial charge in [-0.2, -0.15) is 0 Å². The average molecular weight is 232 g/mol. The van der Waals surface area contributed by atoms with Gasteiger partial charge in [-0.05, 0) is 25.8 Å². The van der Waals surface area contributed by atoms with Crippen LogP contribution in [0, 0.1) is 0 Å². The second-order valence-corrected chi connectivity index (χ2v) is 4.18. The molecular weight excluding hydrogens is 212 g/mol. The number of benzene rings is 1. The molecule has 0 saturated heterocycles. The van der Waals surface area contributed by atoms with Crippen molar-refractivity contribution in [3.8, 4) is 0 Å². The molecule has 0 aliphatic heterocycles. The fraction of sp³-hybridized carbons (Fsp3) is 0.357. The van der Waals surface area contributed by atoms with E-state index in [-0.39, 0.29) is 5.91 Å². The summed E-state index contributed by atoms with van der Waals surface area (Å²) in [5, 5.41) is 2.84. The largest absolute Gasteiger partial charge is 0.354 e. The number of carbonyl (C=O) groups is 1. The topological polar surface area (TPSA) is 55.1 Å². The Morgan fingerprint density at radius 1 is 1.41 bits per heavy atom. The molecule has 1 aromatic rings. The first-order valence-corrected chi connectivity index (χ1v) is 5.83. The molecule has 0 aromatic heterocycles. The van der Waals surface area contributed by atoms with E-state index < -0.39 is 5.54 Å². The van der Waals surface area contributed by atoms with Gasteiger partial charge < -0.3 is 11.1 Å². The van der Waals surface area contributed by atoms with Crippen LogP contribution in [0.4, 0.5) is 0 Å². The molecule has 0 spiro atoms. The molecule has 0 aliphatic carbocycles. The van der Waals surface area contributed by atoms with Crippen LogP contribution in [0.5, 0.6) is 0 Å². The number of carbonyl (C=O) groups excluding carboxylic acids is 1. The van der Waals surface area contributed by atoms with E-state index in [1.54, 1.807) is 6.92 Å². The van der Waals surface area contributed by atoms with Crippen LogP contribution in [-0.2, 0) is 10.3 Å². The number of amides is 1. The number of hydrogen-bond donors (Lipinski definition) is 2. The Bertz CT molecular complexity index is 382. The maximum Gasteiger partial charge on any atom is 0.244 e. The Balaban J connectivity index is 2.61. The Morgan fingerprint density at radius 2 is 2.06 bits per heavy atom. The van der Waals surface area contributed by atoms with Crippen LogP contribution in [0.15, 0.2) is 42.5 Å². The molecule has 3 heteroatoms. The van der Waals surface area contributed by atoms with Crippen molar-refractivity contribution in [3.63, 3.8) is 0 Å². The number of hydrogen-bond acceptors (Lipinski definition) is 2. The van der Waals surface area contributed by atoms with Gasteiger partial charge in [-0.15, -0.1) is 0 Å². The standard InChI is InChI=1S/C14H20N2O/c1-3-4-8-11-16-13(17)14(2,15)12-9-6-5-7-10-12/h3-7,9-10H,8,11,15H2,1-2H3,(H,16,17)/b4-3+. The quantitative estimate of drug-likeness (QED) is 0.602. The minimum atomic E-state index is -0.975. The van der Waals surface area contributed by atoms with E-state index in [0.29, 0.717) is 6.54 Å². The highest BCUT2D eigenvalue weighted by molar-refractivity contribution is 5.86.